The summed E-state index contributed by atoms with van der Waals surface area (Å²) in [7, 11) is 0. The maximum atomic E-state index is 14.3. The van der Waals surface area contributed by atoms with Crippen LogP contribution in [0, 0.1) is 0 Å². The quantitative estimate of drug-likeness (QED) is 0.0203. The number of aromatic amines is 1. The summed E-state index contributed by atoms with van der Waals surface area (Å²) in [5, 5.41) is 58.7. The molecule has 7 amide bonds. The second kappa shape index (κ2) is 28.8. The molecule has 16 N–H and O–H groups in total. The topological polar surface area (TPSA) is 370 Å². The van der Waals surface area contributed by atoms with Crippen LogP contribution in [0.3, 0.4) is 0 Å². The van der Waals surface area contributed by atoms with Crippen molar-refractivity contribution in [1.29, 1.82) is 0 Å². The maximum absolute atomic E-state index is 14.3. The van der Waals surface area contributed by atoms with Crippen molar-refractivity contribution < 1.29 is 58.8 Å². The SMILES string of the molecule is C[C@@H](O)[C@H](NC(=O)[C@H](Cc1ccccc1)NC(=O)[C@@H](NC(=O)[C@H](CCCCN)NC(=O)[C@H](Cc1c[nH]c2ccccc12)NC(=O)[C@@H](N)Cc1ccccc1)[C@@H](C)O)C(=O)N[C@@H](CO)C(=O)N[C@@H](CS)C(=O)O. The van der Waals surface area contributed by atoms with Gasteiger partial charge in [0.05, 0.1) is 24.9 Å². The van der Waals surface area contributed by atoms with Crippen molar-refractivity contribution in [3.05, 3.63) is 108 Å². The van der Waals surface area contributed by atoms with E-state index in [9.17, 15) is 58.8 Å². The van der Waals surface area contributed by atoms with Gasteiger partial charge in [-0.1, -0.05) is 78.9 Å². The molecule has 0 aliphatic rings. The summed E-state index contributed by atoms with van der Waals surface area (Å²) in [6.07, 6.45) is -0.790. The van der Waals surface area contributed by atoms with Crippen molar-refractivity contribution in [2.45, 2.75) is 113 Å². The van der Waals surface area contributed by atoms with Gasteiger partial charge < -0.3 is 74.1 Å². The van der Waals surface area contributed by atoms with Crippen LogP contribution in [0.15, 0.2) is 91.1 Å². The number of carbonyl (C=O) groups is 8. The second-order valence-electron chi connectivity index (χ2n) is 17.3. The highest BCUT2D eigenvalue weighted by atomic mass is 32.1. The van der Waals surface area contributed by atoms with Crippen molar-refractivity contribution in [2.24, 2.45) is 11.5 Å². The molecular formula is C49H66N10O12S. The number of carboxylic acids is 1. The fourth-order valence-electron chi connectivity index (χ4n) is 7.56. The lowest BCUT2D eigenvalue weighted by atomic mass is 10.0. The number of carboxylic acid groups (broad SMARTS) is 1. The van der Waals surface area contributed by atoms with Gasteiger partial charge in [-0.25, -0.2) is 4.79 Å². The van der Waals surface area contributed by atoms with Gasteiger partial charge in [0.1, 0.15) is 42.3 Å². The molecule has 23 heteroatoms. The Labute approximate surface area is 421 Å². The fourth-order valence-corrected chi connectivity index (χ4v) is 7.80. The molecule has 0 spiro atoms. The number of aliphatic carboxylic acids is 1. The number of benzene rings is 3. The molecule has 0 unspecified atom stereocenters. The zero-order chi connectivity index (χ0) is 52.9. The van der Waals surface area contributed by atoms with Crippen LogP contribution in [0.4, 0.5) is 0 Å². The Kier molecular flexibility index (Phi) is 23.1. The lowest BCUT2D eigenvalue weighted by molar-refractivity contribution is -0.142. The predicted octanol–water partition coefficient (Wildman–Crippen LogP) is -2.19. The summed E-state index contributed by atoms with van der Waals surface area (Å²) in [5.41, 5.74) is 14.9. The fraction of sp³-hybridized carbons (Fsp3) is 0.429. The second-order valence-corrected chi connectivity index (χ2v) is 17.7. The monoisotopic (exact) mass is 1020 g/mol. The van der Waals surface area contributed by atoms with E-state index in [2.05, 4.69) is 54.8 Å². The van der Waals surface area contributed by atoms with Gasteiger partial charge in [0, 0.05) is 35.7 Å². The lowest BCUT2D eigenvalue weighted by Crippen LogP contribution is -2.63. The molecular weight excluding hydrogens is 953 g/mol. The first kappa shape index (κ1) is 57.7. The number of amides is 7. The average Bonchev–Trinajstić information content (AvgIpc) is 3.77. The maximum Gasteiger partial charge on any atom is 0.327 e. The zero-order valence-electron chi connectivity index (χ0n) is 40.0. The average molecular weight is 1020 g/mol. The third-order valence-electron chi connectivity index (χ3n) is 11.6. The van der Waals surface area contributed by atoms with Crippen LogP contribution in [-0.2, 0) is 57.6 Å². The van der Waals surface area contributed by atoms with E-state index in [0.717, 1.165) is 23.4 Å². The van der Waals surface area contributed by atoms with Gasteiger partial charge in [0.2, 0.25) is 41.4 Å². The smallest absolute Gasteiger partial charge is 0.327 e. The molecule has 72 heavy (non-hydrogen) atoms. The Morgan fingerprint density at radius 1 is 0.569 bits per heavy atom. The van der Waals surface area contributed by atoms with E-state index in [1.54, 1.807) is 36.5 Å². The number of aromatic nitrogens is 1. The number of hydrogen-bond donors (Lipinski definition) is 15. The van der Waals surface area contributed by atoms with Crippen LogP contribution in [0.5, 0.6) is 0 Å². The molecule has 10 atom stereocenters. The molecule has 3 aromatic carbocycles. The molecule has 390 valence electrons. The molecule has 4 rings (SSSR count). The molecule has 0 fully saturated rings. The van der Waals surface area contributed by atoms with E-state index in [-0.39, 0.29) is 38.0 Å². The number of hydrogen-bond acceptors (Lipinski definition) is 14. The van der Waals surface area contributed by atoms with Crippen LogP contribution < -0.4 is 48.7 Å². The summed E-state index contributed by atoms with van der Waals surface area (Å²) in [5.74, 6) is -8.39. The van der Waals surface area contributed by atoms with Gasteiger partial charge in [-0.3, -0.25) is 33.6 Å². The van der Waals surface area contributed by atoms with Gasteiger partial charge in [0.25, 0.3) is 0 Å². The van der Waals surface area contributed by atoms with Crippen LogP contribution >= 0.6 is 12.6 Å². The largest absolute Gasteiger partial charge is 0.480 e. The summed E-state index contributed by atoms with van der Waals surface area (Å²) in [6.45, 7) is 1.61. The highest BCUT2D eigenvalue weighted by Gasteiger charge is 2.37. The highest BCUT2D eigenvalue weighted by molar-refractivity contribution is 7.80. The normalized spacial score (nSPS) is 15.4. The highest BCUT2D eigenvalue weighted by Crippen LogP contribution is 2.20. The standard InChI is InChI=1S/C49H66N10O12S/c1-27(61)40(47(68)55-36(22-30-15-7-4-8-16-30)45(66)59-41(28(2)62)48(69)56-38(25-60)46(67)57-39(26-72)49(70)71)58-43(64)35(19-11-12-20-50)53-44(65)37(23-31-24-52-34-18-10-9-17-32(31)34)54-42(63)33(51)21-29-13-5-3-6-14-29/h3-10,13-18,24,27-28,33,35-41,52,60-62,72H,11-12,19-23,25-26,50-51H2,1-2H3,(H,53,65)(H,54,63)(H,55,68)(H,56,69)(H,57,67)(H,58,64)(H,59,66)(H,70,71)/t27-,28-,33+,35+,36+,37+,38+,39+,40+,41+/m1/s1. The summed E-state index contributed by atoms with van der Waals surface area (Å²) >= 11 is 3.88. The first-order valence-electron chi connectivity index (χ1n) is 23.4. The Morgan fingerprint density at radius 3 is 1.57 bits per heavy atom. The third-order valence-corrected chi connectivity index (χ3v) is 12.0. The molecule has 4 aromatic rings. The molecule has 0 aliphatic carbocycles. The molecule has 0 saturated carbocycles. The molecule has 0 bridgehead atoms. The molecule has 0 aliphatic heterocycles. The number of nitrogens with two attached hydrogens (primary N) is 2. The van der Waals surface area contributed by atoms with Crippen molar-refractivity contribution in [2.75, 3.05) is 18.9 Å². The van der Waals surface area contributed by atoms with E-state index in [1.165, 1.54) is 6.92 Å². The Balaban J connectivity index is 1.56. The Hall–Kier alpha value is -6.89. The zero-order valence-corrected chi connectivity index (χ0v) is 40.8. The van der Waals surface area contributed by atoms with Crippen LogP contribution in [0.1, 0.15) is 49.8 Å². The van der Waals surface area contributed by atoms with Crippen molar-refractivity contribution in [1.82, 2.24) is 42.2 Å². The third kappa shape index (κ3) is 17.5. The number of thiol groups is 1. The van der Waals surface area contributed by atoms with E-state index in [4.69, 9.17) is 11.5 Å². The Bertz CT molecular complexity index is 2440. The number of carbonyl (C=O) groups excluding carboxylic acids is 7. The summed E-state index contributed by atoms with van der Waals surface area (Å²) in [4.78, 5) is 111. The van der Waals surface area contributed by atoms with Gasteiger partial charge in [0.15, 0.2) is 0 Å². The molecule has 1 heterocycles. The van der Waals surface area contributed by atoms with Crippen LogP contribution in [0.2, 0.25) is 0 Å². The number of rotatable bonds is 29. The number of aliphatic hydroxyl groups is 3. The number of aliphatic hydroxyl groups excluding tert-OH is 3. The summed E-state index contributed by atoms with van der Waals surface area (Å²) in [6, 6.07) is 12.8. The van der Waals surface area contributed by atoms with Crippen molar-refractivity contribution in [3.63, 3.8) is 0 Å². The van der Waals surface area contributed by atoms with Gasteiger partial charge in [-0.15, -0.1) is 0 Å². The number of nitrogens with one attached hydrogen (secondary N) is 8. The van der Waals surface area contributed by atoms with E-state index >= 15 is 0 Å². The first-order valence-corrected chi connectivity index (χ1v) is 24.0. The van der Waals surface area contributed by atoms with E-state index in [0.29, 0.717) is 24.0 Å². The van der Waals surface area contributed by atoms with Gasteiger partial charge >= 0.3 is 5.97 Å². The minimum Gasteiger partial charge on any atom is -0.480 e. The van der Waals surface area contributed by atoms with Gasteiger partial charge in [-0.2, -0.15) is 12.6 Å². The molecule has 22 nitrogen and oxygen atoms in total. The number of H-pyrrole nitrogens is 1. The molecule has 0 radical (unpaired) electrons. The van der Waals surface area contributed by atoms with E-state index < -0.39 is 114 Å². The van der Waals surface area contributed by atoms with Crippen molar-refractivity contribution >= 4 is 70.9 Å². The number of unbranched alkanes of at least 4 members (excludes halogenated alkanes) is 1. The summed E-state index contributed by atoms with van der Waals surface area (Å²) < 4.78 is 0. The molecule has 1 aromatic heterocycles. The molecule has 0 saturated heterocycles. The van der Waals surface area contributed by atoms with E-state index in [1.807, 2.05) is 54.6 Å². The van der Waals surface area contributed by atoms with Crippen molar-refractivity contribution in [3.8, 4) is 0 Å². The van der Waals surface area contributed by atoms with Gasteiger partial charge in [-0.05, 0) is 68.8 Å². The van der Waals surface area contributed by atoms with Crippen LogP contribution in [-0.4, -0.2) is 152 Å². The number of fused-ring (bicyclic) bond motifs is 1. The predicted molar refractivity (Wildman–Crippen MR) is 269 cm³/mol. The van der Waals surface area contributed by atoms with Crippen LogP contribution in [0.25, 0.3) is 10.9 Å². The Morgan fingerprint density at radius 2 is 1.03 bits per heavy atom. The minimum absolute atomic E-state index is 0.0140. The lowest BCUT2D eigenvalue weighted by Gasteiger charge is -2.29. The number of para-hydroxylation sites is 1. The first-order chi connectivity index (χ1) is 34.4. The minimum atomic E-state index is -1.80.